The highest BCUT2D eigenvalue weighted by molar-refractivity contribution is 4.95. The van der Waals surface area contributed by atoms with Crippen LogP contribution in [0.1, 0.15) is 59.8 Å². The molecule has 1 rings (SSSR count). The lowest BCUT2D eigenvalue weighted by Crippen LogP contribution is -2.58. The maximum atomic E-state index is 6.23. The first kappa shape index (κ1) is 16.9. The fourth-order valence-corrected chi connectivity index (χ4v) is 3.45. The summed E-state index contributed by atoms with van der Waals surface area (Å²) in [4.78, 5) is 2.73. The van der Waals surface area contributed by atoms with Crippen LogP contribution in [0.25, 0.3) is 0 Å². The van der Waals surface area contributed by atoms with Crippen LogP contribution in [0, 0.1) is 5.92 Å². The van der Waals surface area contributed by atoms with Gasteiger partial charge in [-0.15, -0.1) is 0 Å². The lowest BCUT2D eigenvalue weighted by Gasteiger charge is -2.48. The van der Waals surface area contributed by atoms with E-state index in [2.05, 4.69) is 32.6 Å². The van der Waals surface area contributed by atoms with E-state index in [0.29, 0.717) is 12.0 Å². The smallest absolute Gasteiger partial charge is 0.0484 e. The summed E-state index contributed by atoms with van der Waals surface area (Å²) in [6.45, 7) is 12.9. The van der Waals surface area contributed by atoms with E-state index in [0.717, 1.165) is 39.1 Å². The Balaban J connectivity index is 2.95. The molecule has 3 heteroatoms. The molecule has 0 aromatic rings. The van der Waals surface area contributed by atoms with Gasteiger partial charge in [-0.2, -0.15) is 0 Å². The lowest BCUT2D eigenvalue weighted by atomic mass is 9.85. The van der Waals surface area contributed by atoms with Gasteiger partial charge in [0.2, 0.25) is 0 Å². The molecule has 1 saturated heterocycles. The van der Waals surface area contributed by atoms with E-state index in [1.807, 2.05) is 0 Å². The zero-order chi connectivity index (χ0) is 14.3. The van der Waals surface area contributed by atoms with Crippen LogP contribution < -0.4 is 5.73 Å². The number of rotatable bonds is 7. The summed E-state index contributed by atoms with van der Waals surface area (Å²) in [5.74, 6) is 0.688. The zero-order valence-corrected chi connectivity index (χ0v) is 13.5. The molecule has 0 radical (unpaired) electrons. The quantitative estimate of drug-likeness (QED) is 0.773. The molecule has 1 atom stereocenters. The van der Waals surface area contributed by atoms with Gasteiger partial charge in [-0.3, -0.25) is 4.90 Å². The van der Waals surface area contributed by atoms with E-state index in [9.17, 15) is 0 Å². The van der Waals surface area contributed by atoms with Gasteiger partial charge < -0.3 is 10.5 Å². The van der Waals surface area contributed by atoms with Crippen molar-refractivity contribution in [1.82, 2.24) is 4.90 Å². The highest BCUT2D eigenvalue weighted by Crippen LogP contribution is 2.32. The van der Waals surface area contributed by atoms with Crippen molar-refractivity contribution in [3.05, 3.63) is 0 Å². The van der Waals surface area contributed by atoms with Crippen molar-refractivity contribution in [2.24, 2.45) is 11.7 Å². The molecule has 0 spiro atoms. The number of hydrogen-bond acceptors (Lipinski definition) is 3. The van der Waals surface area contributed by atoms with Gasteiger partial charge in [0.05, 0.1) is 0 Å². The molecule has 0 bridgehead atoms. The molecule has 19 heavy (non-hydrogen) atoms. The SMILES string of the molecule is CCC(CC)N(CC(C)C)C1(CN)CCCOCC1. The molecule has 1 fully saturated rings. The number of nitrogens with zero attached hydrogens (tertiary/aromatic N) is 1. The van der Waals surface area contributed by atoms with E-state index in [1.165, 1.54) is 19.3 Å². The Labute approximate surface area is 119 Å². The van der Waals surface area contributed by atoms with Gasteiger partial charge >= 0.3 is 0 Å². The van der Waals surface area contributed by atoms with Crippen molar-refractivity contribution in [1.29, 1.82) is 0 Å². The molecular weight excluding hydrogens is 236 g/mol. The van der Waals surface area contributed by atoms with Gasteiger partial charge in [0.1, 0.15) is 0 Å². The number of hydrogen-bond donors (Lipinski definition) is 1. The zero-order valence-electron chi connectivity index (χ0n) is 13.5. The predicted octanol–water partition coefficient (Wildman–Crippen LogP) is 3.03. The summed E-state index contributed by atoms with van der Waals surface area (Å²) < 4.78 is 5.67. The minimum atomic E-state index is 0.164. The molecule has 0 aromatic carbocycles. The van der Waals surface area contributed by atoms with Gasteiger partial charge in [0, 0.05) is 37.9 Å². The minimum Gasteiger partial charge on any atom is -0.381 e. The molecule has 2 N–H and O–H groups in total. The van der Waals surface area contributed by atoms with Crippen molar-refractivity contribution >= 4 is 0 Å². The molecular formula is C16H34N2O. The van der Waals surface area contributed by atoms with Crippen molar-refractivity contribution in [3.63, 3.8) is 0 Å². The Bertz CT molecular complexity index is 231. The van der Waals surface area contributed by atoms with E-state index >= 15 is 0 Å². The molecule has 114 valence electrons. The monoisotopic (exact) mass is 270 g/mol. The molecule has 1 aliphatic heterocycles. The summed E-state index contributed by atoms with van der Waals surface area (Å²) in [5.41, 5.74) is 6.40. The largest absolute Gasteiger partial charge is 0.381 e. The second-order valence-electron chi connectivity index (χ2n) is 6.41. The molecule has 0 saturated carbocycles. The molecule has 0 aromatic heterocycles. The standard InChI is InChI=1S/C16H34N2O/c1-5-15(6-2)18(12-14(3)4)16(13-17)8-7-10-19-11-9-16/h14-15H,5-13,17H2,1-4H3. The summed E-state index contributed by atoms with van der Waals surface area (Å²) >= 11 is 0. The molecule has 1 unspecified atom stereocenters. The highest BCUT2D eigenvalue weighted by atomic mass is 16.5. The van der Waals surface area contributed by atoms with Crippen LogP contribution in [0.2, 0.25) is 0 Å². The van der Waals surface area contributed by atoms with Gasteiger partial charge in [-0.05, 0) is 38.0 Å². The average Bonchev–Trinajstić information content (AvgIpc) is 2.64. The first-order valence-corrected chi connectivity index (χ1v) is 8.14. The van der Waals surface area contributed by atoms with Crippen LogP contribution in [-0.2, 0) is 4.74 Å². The fourth-order valence-electron chi connectivity index (χ4n) is 3.45. The Morgan fingerprint density at radius 3 is 2.37 bits per heavy atom. The summed E-state index contributed by atoms with van der Waals surface area (Å²) in [6.07, 6.45) is 5.85. The van der Waals surface area contributed by atoms with Crippen LogP contribution >= 0.6 is 0 Å². The lowest BCUT2D eigenvalue weighted by molar-refractivity contribution is 0.0160. The van der Waals surface area contributed by atoms with Crippen LogP contribution in [-0.4, -0.2) is 42.8 Å². The second-order valence-corrected chi connectivity index (χ2v) is 6.41. The highest BCUT2D eigenvalue weighted by Gasteiger charge is 2.38. The number of ether oxygens (including phenoxy) is 1. The van der Waals surface area contributed by atoms with E-state index in [1.54, 1.807) is 0 Å². The molecule has 0 aliphatic carbocycles. The second kappa shape index (κ2) is 8.23. The third-order valence-electron chi connectivity index (χ3n) is 4.58. The maximum absolute atomic E-state index is 6.23. The summed E-state index contributed by atoms with van der Waals surface area (Å²) in [5, 5.41) is 0. The first-order chi connectivity index (χ1) is 9.09. The Hall–Kier alpha value is -0.120. The van der Waals surface area contributed by atoms with Crippen LogP contribution in [0.5, 0.6) is 0 Å². The Morgan fingerprint density at radius 1 is 1.16 bits per heavy atom. The van der Waals surface area contributed by atoms with Crippen molar-refractivity contribution < 1.29 is 4.74 Å². The normalized spacial score (nSPS) is 25.3. The molecule has 1 heterocycles. The third-order valence-corrected chi connectivity index (χ3v) is 4.58. The minimum absolute atomic E-state index is 0.164. The van der Waals surface area contributed by atoms with Crippen molar-refractivity contribution in [2.75, 3.05) is 26.3 Å². The Kier molecular flexibility index (Phi) is 7.33. The Morgan fingerprint density at radius 2 is 1.84 bits per heavy atom. The van der Waals surface area contributed by atoms with E-state index < -0.39 is 0 Å². The van der Waals surface area contributed by atoms with Gasteiger partial charge in [-0.1, -0.05) is 27.7 Å². The van der Waals surface area contributed by atoms with Crippen LogP contribution in [0.4, 0.5) is 0 Å². The van der Waals surface area contributed by atoms with Gasteiger partial charge in [0.15, 0.2) is 0 Å². The molecule has 0 amide bonds. The average molecular weight is 270 g/mol. The fraction of sp³-hybridized carbons (Fsp3) is 1.00. The topological polar surface area (TPSA) is 38.5 Å². The third kappa shape index (κ3) is 4.44. The van der Waals surface area contributed by atoms with Crippen LogP contribution in [0.3, 0.4) is 0 Å². The van der Waals surface area contributed by atoms with Gasteiger partial charge in [-0.25, -0.2) is 0 Å². The van der Waals surface area contributed by atoms with E-state index in [4.69, 9.17) is 10.5 Å². The van der Waals surface area contributed by atoms with Crippen molar-refractivity contribution in [2.45, 2.75) is 71.4 Å². The predicted molar refractivity (Wildman–Crippen MR) is 82.4 cm³/mol. The van der Waals surface area contributed by atoms with E-state index in [-0.39, 0.29) is 5.54 Å². The first-order valence-electron chi connectivity index (χ1n) is 8.14. The molecule has 1 aliphatic rings. The van der Waals surface area contributed by atoms with Gasteiger partial charge in [0.25, 0.3) is 0 Å². The summed E-state index contributed by atoms with van der Waals surface area (Å²) in [7, 11) is 0. The maximum Gasteiger partial charge on any atom is 0.0484 e. The summed E-state index contributed by atoms with van der Waals surface area (Å²) in [6, 6.07) is 0.657. The molecule has 3 nitrogen and oxygen atoms in total. The van der Waals surface area contributed by atoms with Crippen LogP contribution in [0.15, 0.2) is 0 Å². The van der Waals surface area contributed by atoms with Crippen molar-refractivity contribution in [3.8, 4) is 0 Å². The number of nitrogens with two attached hydrogens (primary N) is 1.